The highest BCUT2D eigenvalue weighted by molar-refractivity contribution is 5.68. The minimum atomic E-state index is -1.28. The fraction of sp³-hybridized carbons (Fsp3) is 0.778. The van der Waals surface area contributed by atoms with Crippen LogP contribution < -0.4 is 5.32 Å². The number of carbonyl (C=O) groups excluding carboxylic acids is 2. The molecular formula is C9H16NO5. The van der Waals surface area contributed by atoms with Crippen molar-refractivity contribution in [3.8, 4) is 0 Å². The Hall–Kier alpha value is -1.30. The predicted molar refractivity (Wildman–Crippen MR) is 50.7 cm³/mol. The number of hydrogen-bond acceptors (Lipinski definition) is 4. The molecule has 1 radical (unpaired) electrons. The van der Waals surface area contributed by atoms with Crippen molar-refractivity contribution >= 4 is 12.1 Å². The molecule has 6 heteroatoms. The number of ether oxygens (including phenoxy) is 2. The summed E-state index contributed by atoms with van der Waals surface area (Å²) >= 11 is 0. The molecule has 0 unspecified atom stereocenters. The fourth-order valence-electron chi connectivity index (χ4n) is 0.695. The van der Waals surface area contributed by atoms with E-state index >= 15 is 0 Å². The van der Waals surface area contributed by atoms with E-state index < -0.39 is 24.3 Å². The second-order valence-corrected chi connectivity index (χ2v) is 3.85. The van der Waals surface area contributed by atoms with Gasteiger partial charge in [0.25, 0.3) is 0 Å². The zero-order chi connectivity index (χ0) is 11.9. The Morgan fingerprint density at radius 2 is 1.87 bits per heavy atom. The smallest absolute Gasteiger partial charge is 0.407 e. The lowest BCUT2D eigenvalue weighted by Gasteiger charge is -2.19. The minimum Gasteiger partial charge on any atom is -0.444 e. The maximum absolute atomic E-state index is 11.0. The highest BCUT2D eigenvalue weighted by Gasteiger charge is 2.15. The van der Waals surface area contributed by atoms with Crippen LogP contribution in [0.5, 0.6) is 0 Å². The second kappa shape index (κ2) is 6.23. The number of alkyl carbamates (subject to hydrolysis) is 1. The van der Waals surface area contributed by atoms with Crippen molar-refractivity contribution in [2.75, 3.05) is 19.8 Å². The van der Waals surface area contributed by atoms with Gasteiger partial charge in [0.1, 0.15) is 12.2 Å². The zero-order valence-corrected chi connectivity index (χ0v) is 9.16. The lowest BCUT2D eigenvalue weighted by molar-refractivity contribution is -0.148. The molecule has 0 aromatic rings. The summed E-state index contributed by atoms with van der Waals surface area (Å²) in [5, 5.41) is 12.3. The number of rotatable bonds is 5. The van der Waals surface area contributed by atoms with Gasteiger partial charge in [-0.3, -0.25) is 0 Å². The third kappa shape index (κ3) is 10.6. The summed E-state index contributed by atoms with van der Waals surface area (Å²) in [6.45, 7) is 5.07. The van der Waals surface area contributed by atoms with Gasteiger partial charge >= 0.3 is 12.1 Å². The van der Waals surface area contributed by atoms with Gasteiger partial charge in [0, 0.05) is 6.54 Å². The van der Waals surface area contributed by atoms with Crippen molar-refractivity contribution in [3.05, 3.63) is 0 Å². The van der Waals surface area contributed by atoms with Crippen molar-refractivity contribution in [3.63, 3.8) is 0 Å². The Labute approximate surface area is 88.6 Å². The van der Waals surface area contributed by atoms with Crippen molar-refractivity contribution < 1.29 is 24.2 Å². The van der Waals surface area contributed by atoms with E-state index in [-0.39, 0.29) is 13.2 Å². The van der Waals surface area contributed by atoms with Gasteiger partial charge in [-0.25, -0.2) is 14.7 Å². The van der Waals surface area contributed by atoms with Crippen LogP contribution in [0.4, 0.5) is 4.79 Å². The molecule has 1 N–H and O–H groups in total. The summed E-state index contributed by atoms with van der Waals surface area (Å²) in [6, 6.07) is 0. The van der Waals surface area contributed by atoms with E-state index in [9.17, 15) is 14.7 Å². The van der Waals surface area contributed by atoms with Gasteiger partial charge in [0.05, 0.1) is 6.61 Å². The van der Waals surface area contributed by atoms with Crippen LogP contribution in [-0.4, -0.2) is 37.4 Å². The molecule has 0 aromatic heterocycles. The average Bonchev–Trinajstić information content (AvgIpc) is 1.99. The molecule has 1 amide bonds. The van der Waals surface area contributed by atoms with Gasteiger partial charge in [-0.2, -0.15) is 0 Å². The van der Waals surface area contributed by atoms with E-state index in [2.05, 4.69) is 10.1 Å². The van der Waals surface area contributed by atoms with E-state index in [4.69, 9.17) is 4.74 Å². The van der Waals surface area contributed by atoms with Gasteiger partial charge in [-0.15, -0.1) is 0 Å². The summed E-state index contributed by atoms with van der Waals surface area (Å²) in [4.78, 5) is 21.0. The van der Waals surface area contributed by atoms with E-state index in [1.54, 1.807) is 20.8 Å². The highest BCUT2D eigenvalue weighted by atomic mass is 16.6. The van der Waals surface area contributed by atoms with Crippen molar-refractivity contribution in [1.29, 1.82) is 0 Å². The third-order valence-electron chi connectivity index (χ3n) is 1.13. The lowest BCUT2D eigenvalue weighted by atomic mass is 10.2. The first-order chi connectivity index (χ1) is 6.81. The summed E-state index contributed by atoms with van der Waals surface area (Å²) in [5.74, 6) is -1.28. The lowest BCUT2D eigenvalue weighted by Crippen LogP contribution is -2.34. The number of amides is 1. The van der Waals surface area contributed by atoms with E-state index in [0.717, 1.165) is 0 Å². The predicted octanol–water partition coefficient (Wildman–Crippen LogP) is 0.485. The number of nitrogens with one attached hydrogen (secondary N) is 1. The van der Waals surface area contributed by atoms with Crippen LogP contribution in [0, 0.1) is 0 Å². The van der Waals surface area contributed by atoms with Gasteiger partial charge in [-0.1, -0.05) is 0 Å². The summed E-state index contributed by atoms with van der Waals surface area (Å²) in [5.41, 5.74) is -0.546. The maximum Gasteiger partial charge on any atom is 0.407 e. The van der Waals surface area contributed by atoms with Crippen molar-refractivity contribution in [1.82, 2.24) is 5.32 Å². The fourth-order valence-corrected chi connectivity index (χ4v) is 0.695. The molecule has 0 heterocycles. The van der Waals surface area contributed by atoms with Gasteiger partial charge in [0.15, 0.2) is 0 Å². The Bertz CT molecular complexity index is 221. The molecule has 6 nitrogen and oxygen atoms in total. The molecule has 87 valence electrons. The highest BCUT2D eigenvalue weighted by Crippen LogP contribution is 2.05. The topological polar surface area (TPSA) is 84.5 Å². The number of carbonyl (C=O) groups is 2. The number of hydrogen-bond donors (Lipinski definition) is 1. The summed E-state index contributed by atoms with van der Waals surface area (Å²) in [7, 11) is 0. The Morgan fingerprint density at radius 3 is 2.33 bits per heavy atom. The van der Waals surface area contributed by atoms with E-state index in [0.29, 0.717) is 0 Å². The van der Waals surface area contributed by atoms with Crippen molar-refractivity contribution in [2.24, 2.45) is 0 Å². The molecule has 0 fully saturated rings. The van der Waals surface area contributed by atoms with Gasteiger partial charge in [0.2, 0.25) is 0 Å². The first-order valence-electron chi connectivity index (χ1n) is 4.56. The first-order valence-corrected chi connectivity index (χ1v) is 4.56. The Kier molecular flexibility index (Phi) is 5.69. The van der Waals surface area contributed by atoms with Crippen LogP contribution in [-0.2, 0) is 19.4 Å². The van der Waals surface area contributed by atoms with E-state index in [1.165, 1.54) is 0 Å². The molecule has 0 atom stereocenters. The molecule has 0 aromatic carbocycles. The van der Waals surface area contributed by atoms with Crippen LogP contribution in [0.1, 0.15) is 20.8 Å². The normalized spacial score (nSPS) is 10.9. The molecule has 0 aliphatic rings. The molecule has 0 bridgehead atoms. The van der Waals surface area contributed by atoms with E-state index in [1.807, 2.05) is 0 Å². The van der Waals surface area contributed by atoms with Crippen LogP contribution in [0.2, 0.25) is 0 Å². The van der Waals surface area contributed by atoms with Crippen LogP contribution >= 0.6 is 0 Å². The summed E-state index contributed by atoms with van der Waals surface area (Å²) < 4.78 is 9.57. The Balaban J connectivity index is 3.44. The molecule has 0 saturated carbocycles. The zero-order valence-electron chi connectivity index (χ0n) is 9.16. The minimum absolute atomic E-state index is 0.104. The van der Waals surface area contributed by atoms with Crippen LogP contribution in [0.15, 0.2) is 0 Å². The Morgan fingerprint density at radius 1 is 1.27 bits per heavy atom. The second-order valence-electron chi connectivity index (χ2n) is 3.85. The molecule has 0 rings (SSSR count). The standard InChI is InChI=1S/C9H16NO5/c1-9(2,3)15-8(13)10-4-5-14-6-7(11)12/h4-6H2,1-3H3,(H,10,13). The largest absolute Gasteiger partial charge is 0.444 e. The van der Waals surface area contributed by atoms with Crippen molar-refractivity contribution in [2.45, 2.75) is 26.4 Å². The molecule has 0 aliphatic carbocycles. The molecular weight excluding hydrogens is 202 g/mol. The first kappa shape index (κ1) is 13.7. The molecule has 15 heavy (non-hydrogen) atoms. The molecule has 0 aliphatic heterocycles. The SMILES string of the molecule is CC(C)(C)OC(=O)NCCOCC([O])=O. The maximum atomic E-state index is 11.0. The monoisotopic (exact) mass is 218 g/mol. The molecule has 0 saturated heterocycles. The van der Waals surface area contributed by atoms with Gasteiger partial charge in [-0.05, 0) is 20.8 Å². The van der Waals surface area contributed by atoms with Crippen LogP contribution in [0.25, 0.3) is 0 Å². The quantitative estimate of drug-likeness (QED) is 0.680. The summed E-state index contributed by atoms with van der Waals surface area (Å²) in [6.07, 6.45) is -0.556. The average molecular weight is 218 g/mol. The third-order valence-corrected chi connectivity index (χ3v) is 1.13. The van der Waals surface area contributed by atoms with Crippen LogP contribution in [0.3, 0.4) is 0 Å². The van der Waals surface area contributed by atoms with Gasteiger partial charge < -0.3 is 14.8 Å². The molecule has 0 spiro atoms.